The summed E-state index contributed by atoms with van der Waals surface area (Å²) in [5.74, 6) is 0.576. The zero-order valence-corrected chi connectivity index (χ0v) is 12.6. The molecular weight excluding hydrogens is 284 g/mol. The van der Waals surface area contributed by atoms with Gasteiger partial charge in [-0.05, 0) is 42.7 Å². The van der Waals surface area contributed by atoms with Crippen molar-refractivity contribution in [3.05, 3.63) is 72.2 Å². The first-order valence-electron chi connectivity index (χ1n) is 7.64. The van der Waals surface area contributed by atoms with Crippen molar-refractivity contribution in [3.8, 4) is 0 Å². The molecule has 0 radical (unpaired) electrons. The molecule has 0 spiro atoms. The third-order valence-corrected chi connectivity index (χ3v) is 4.05. The predicted molar refractivity (Wildman–Crippen MR) is 93.1 cm³/mol. The van der Waals surface area contributed by atoms with Crippen LogP contribution in [0, 0.1) is 0 Å². The SMILES string of the molecule is Nc1nc2c(ccc3cccnc32)cc1CCc1ccccn1. The van der Waals surface area contributed by atoms with Crippen molar-refractivity contribution in [1.29, 1.82) is 0 Å². The van der Waals surface area contributed by atoms with E-state index in [0.29, 0.717) is 5.82 Å². The van der Waals surface area contributed by atoms with Gasteiger partial charge in [0.05, 0.1) is 11.0 Å². The Morgan fingerprint density at radius 1 is 0.783 bits per heavy atom. The van der Waals surface area contributed by atoms with Crippen molar-refractivity contribution in [2.75, 3.05) is 5.73 Å². The molecule has 4 rings (SSSR count). The molecule has 0 saturated carbocycles. The van der Waals surface area contributed by atoms with Crippen LogP contribution in [0.4, 0.5) is 5.82 Å². The number of anilines is 1. The molecule has 0 atom stereocenters. The minimum atomic E-state index is 0.576. The van der Waals surface area contributed by atoms with Gasteiger partial charge in [-0.2, -0.15) is 0 Å². The average molecular weight is 300 g/mol. The molecule has 112 valence electrons. The third kappa shape index (κ3) is 2.59. The molecule has 23 heavy (non-hydrogen) atoms. The molecule has 0 saturated heterocycles. The second kappa shape index (κ2) is 5.65. The van der Waals surface area contributed by atoms with Crippen LogP contribution in [0.15, 0.2) is 60.9 Å². The molecule has 4 heteroatoms. The van der Waals surface area contributed by atoms with Gasteiger partial charge in [0.1, 0.15) is 5.82 Å². The Labute approximate surface area is 134 Å². The Morgan fingerprint density at radius 2 is 1.65 bits per heavy atom. The molecule has 1 aromatic carbocycles. The highest BCUT2D eigenvalue weighted by Gasteiger charge is 2.08. The van der Waals surface area contributed by atoms with E-state index < -0.39 is 0 Å². The van der Waals surface area contributed by atoms with Crippen LogP contribution in [0.2, 0.25) is 0 Å². The van der Waals surface area contributed by atoms with E-state index in [2.05, 4.69) is 33.2 Å². The number of benzene rings is 1. The zero-order chi connectivity index (χ0) is 15.6. The van der Waals surface area contributed by atoms with E-state index in [-0.39, 0.29) is 0 Å². The van der Waals surface area contributed by atoms with Crippen molar-refractivity contribution >= 4 is 27.6 Å². The maximum absolute atomic E-state index is 6.18. The molecule has 0 aliphatic carbocycles. The molecule has 2 N–H and O–H groups in total. The van der Waals surface area contributed by atoms with Crippen LogP contribution in [0.3, 0.4) is 0 Å². The molecule has 0 fully saturated rings. The Balaban J connectivity index is 1.74. The smallest absolute Gasteiger partial charge is 0.127 e. The number of fused-ring (bicyclic) bond motifs is 3. The fourth-order valence-electron chi connectivity index (χ4n) is 2.84. The van der Waals surface area contributed by atoms with Crippen molar-refractivity contribution in [3.63, 3.8) is 0 Å². The fourth-order valence-corrected chi connectivity index (χ4v) is 2.84. The summed E-state index contributed by atoms with van der Waals surface area (Å²) in [6, 6.07) is 16.2. The van der Waals surface area contributed by atoms with E-state index in [9.17, 15) is 0 Å². The molecule has 0 bridgehead atoms. The van der Waals surface area contributed by atoms with Gasteiger partial charge >= 0.3 is 0 Å². The largest absolute Gasteiger partial charge is 0.383 e. The first-order chi connectivity index (χ1) is 11.3. The fraction of sp³-hybridized carbons (Fsp3) is 0.105. The second-order valence-corrected chi connectivity index (χ2v) is 5.57. The molecule has 3 heterocycles. The Kier molecular flexibility index (Phi) is 3.35. The highest BCUT2D eigenvalue weighted by Crippen LogP contribution is 2.25. The van der Waals surface area contributed by atoms with Crippen molar-refractivity contribution in [2.24, 2.45) is 0 Å². The van der Waals surface area contributed by atoms with Gasteiger partial charge in [-0.1, -0.05) is 24.3 Å². The molecule has 0 amide bonds. The van der Waals surface area contributed by atoms with Gasteiger partial charge in [0, 0.05) is 28.9 Å². The van der Waals surface area contributed by atoms with E-state index in [4.69, 9.17) is 5.73 Å². The van der Waals surface area contributed by atoms with Gasteiger partial charge in [0.2, 0.25) is 0 Å². The first kappa shape index (κ1) is 13.6. The number of aromatic nitrogens is 3. The number of aryl methyl sites for hydroxylation is 2. The predicted octanol–water partition coefficient (Wildman–Crippen LogP) is 3.55. The Morgan fingerprint density at radius 3 is 2.52 bits per heavy atom. The summed E-state index contributed by atoms with van der Waals surface area (Å²) in [5.41, 5.74) is 10.1. The number of pyridine rings is 3. The lowest BCUT2D eigenvalue weighted by Gasteiger charge is -2.08. The molecule has 4 nitrogen and oxygen atoms in total. The summed E-state index contributed by atoms with van der Waals surface area (Å²) < 4.78 is 0. The maximum atomic E-state index is 6.18. The summed E-state index contributed by atoms with van der Waals surface area (Å²) in [5, 5.41) is 2.15. The summed E-state index contributed by atoms with van der Waals surface area (Å²) in [7, 11) is 0. The molecule has 0 aliphatic heterocycles. The summed E-state index contributed by atoms with van der Waals surface area (Å²) in [6.07, 6.45) is 5.28. The summed E-state index contributed by atoms with van der Waals surface area (Å²) in [6.45, 7) is 0. The zero-order valence-electron chi connectivity index (χ0n) is 12.6. The van der Waals surface area contributed by atoms with E-state index in [1.54, 1.807) is 6.20 Å². The van der Waals surface area contributed by atoms with E-state index in [1.807, 2.05) is 36.5 Å². The van der Waals surface area contributed by atoms with Gasteiger partial charge in [-0.15, -0.1) is 0 Å². The van der Waals surface area contributed by atoms with Crippen LogP contribution >= 0.6 is 0 Å². The van der Waals surface area contributed by atoms with Gasteiger partial charge < -0.3 is 5.73 Å². The van der Waals surface area contributed by atoms with E-state index in [1.165, 1.54) is 0 Å². The van der Waals surface area contributed by atoms with Crippen LogP contribution in [-0.4, -0.2) is 15.0 Å². The normalized spacial score (nSPS) is 11.1. The van der Waals surface area contributed by atoms with Crippen LogP contribution in [0.1, 0.15) is 11.3 Å². The number of nitrogens with zero attached hydrogens (tertiary/aromatic N) is 3. The summed E-state index contributed by atoms with van der Waals surface area (Å²) in [4.78, 5) is 13.4. The summed E-state index contributed by atoms with van der Waals surface area (Å²) >= 11 is 0. The minimum absolute atomic E-state index is 0.576. The molecule has 4 aromatic rings. The van der Waals surface area contributed by atoms with Gasteiger partial charge in [0.25, 0.3) is 0 Å². The number of nitrogen functional groups attached to an aromatic ring is 1. The van der Waals surface area contributed by atoms with Crippen molar-refractivity contribution < 1.29 is 0 Å². The van der Waals surface area contributed by atoms with Gasteiger partial charge in [-0.25, -0.2) is 4.98 Å². The number of hydrogen-bond donors (Lipinski definition) is 1. The Bertz CT molecular complexity index is 980. The topological polar surface area (TPSA) is 64.7 Å². The third-order valence-electron chi connectivity index (χ3n) is 4.05. The average Bonchev–Trinajstić information content (AvgIpc) is 2.61. The molecular formula is C19H16N4. The maximum Gasteiger partial charge on any atom is 0.127 e. The van der Waals surface area contributed by atoms with E-state index >= 15 is 0 Å². The van der Waals surface area contributed by atoms with Gasteiger partial charge in [-0.3, -0.25) is 9.97 Å². The number of nitrogens with two attached hydrogens (primary N) is 1. The lowest BCUT2D eigenvalue weighted by Crippen LogP contribution is -2.01. The molecule has 0 aliphatic rings. The quantitative estimate of drug-likeness (QED) is 0.588. The number of rotatable bonds is 3. The van der Waals surface area contributed by atoms with E-state index in [0.717, 1.165) is 45.9 Å². The van der Waals surface area contributed by atoms with Crippen LogP contribution < -0.4 is 5.73 Å². The standard InChI is InChI=1S/C19H16N4/c20-19-15(8-9-16-5-1-2-10-21-16)12-14-7-6-13-4-3-11-22-17(13)18(14)23-19/h1-7,10-12H,8-9H2,(H2,20,23). The van der Waals surface area contributed by atoms with Crippen LogP contribution in [0.5, 0.6) is 0 Å². The van der Waals surface area contributed by atoms with Crippen molar-refractivity contribution in [2.45, 2.75) is 12.8 Å². The molecule has 0 unspecified atom stereocenters. The lowest BCUT2D eigenvalue weighted by atomic mass is 10.0. The lowest BCUT2D eigenvalue weighted by molar-refractivity contribution is 0.913. The monoisotopic (exact) mass is 300 g/mol. The number of hydrogen-bond acceptors (Lipinski definition) is 4. The van der Waals surface area contributed by atoms with Crippen molar-refractivity contribution in [1.82, 2.24) is 15.0 Å². The first-order valence-corrected chi connectivity index (χ1v) is 7.64. The molecule has 3 aromatic heterocycles. The van der Waals surface area contributed by atoms with Gasteiger partial charge in [0.15, 0.2) is 0 Å². The van der Waals surface area contributed by atoms with Crippen LogP contribution in [-0.2, 0) is 12.8 Å². The second-order valence-electron chi connectivity index (χ2n) is 5.57. The van der Waals surface area contributed by atoms with Crippen LogP contribution in [0.25, 0.3) is 21.8 Å². The highest BCUT2D eigenvalue weighted by atomic mass is 14.9. The highest BCUT2D eigenvalue weighted by molar-refractivity contribution is 6.03. The Hall–Kier alpha value is -3.01. The minimum Gasteiger partial charge on any atom is -0.383 e.